The molecule has 0 saturated carbocycles. The van der Waals surface area contributed by atoms with Crippen LogP contribution in [-0.4, -0.2) is 51.3 Å². The van der Waals surface area contributed by atoms with Gasteiger partial charge >= 0.3 is 5.97 Å². The topological polar surface area (TPSA) is 63.7 Å². The van der Waals surface area contributed by atoms with Gasteiger partial charge in [0, 0.05) is 12.6 Å². The molecular weight excluding hydrogens is 374 g/mol. The van der Waals surface area contributed by atoms with Crippen LogP contribution in [0.15, 0.2) is 53.4 Å². The van der Waals surface area contributed by atoms with Crippen molar-refractivity contribution < 1.29 is 17.9 Å². The molecule has 2 aromatic rings. The number of hydrogen-bond acceptors (Lipinski definition) is 5. The molecule has 0 aromatic heterocycles. The summed E-state index contributed by atoms with van der Waals surface area (Å²) < 4.78 is 28.8. The number of carbonyl (C=O) groups excluding carboxylic acids is 1. The van der Waals surface area contributed by atoms with E-state index in [0.29, 0.717) is 6.04 Å². The van der Waals surface area contributed by atoms with Crippen LogP contribution in [0.2, 0.25) is 0 Å². The fraction of sp³-hybridized carbons (Fsp3) is 0.409. The smallest absolute Gasteiger partial charge is 0.321 e. The summed E-state index contributed by atoms with van der Waals surface area (Å²) in [4.78, 5) is 13.9. The highest BCUT2D eigenvalue weighted by atomic mass is 32.2. The average Bonchev–Trinajstić information content (AvgIpc) is 3.11. The Morgan fingerprint density at radius 1 is 1.07 bits per heavy atom. The maximum atomic E-state index is 12.2. The SMILES string of the molecule is COC(=O)CS(=O)(=O)c1ccc(-c2ccc(CCN3CCC[C@H]3C)cc2)cc1. The summed E-state index contributed by atoms with van der Waals surface area (Å²) in [5.74, 6) is -1.41. The van der Waals surface area contributed by atoms with Crippen molar-refractivity contribution in [2.75, 3.05) is 26.0 Å². The Hall–Kier alpha value is -2.18. The molecule has 1 aliphatic rings. The molecule has 0 N–H and O–H groups in total. The van der Waals surface area contributed by atoms with E-state index >= 15 is 0 Å². The van der Waals surface area contributed by atoms with Crippen LogP contribution in [0.25, 0.3) is 11.1 Å². The maximum Gasteiger partial charge on any atom is 0.321 e. The van der Waals surface area contributed by atoms with Gasteiger partial charge in [0.25, 0.3) is 0 Å². The van der Waals surface area contributed by atoms with E-state index in [1.54, 1.807) is 12.1 Å². The van der Waals surface area contributed by atoms with Crippen molar-refractivity contribution in [3.05, 3.63) is 54.1 Å². The highest BCUT2D eigenvalue weighted by Gasteiger charge is 2.20. The van der Waals surface area contributed by atoms with Gasteiger partial charge in [0.2, 0.25) is 0 Å². The highest BCUT2D eigenvalue weighted by Crippen LogP contribution is 2.23. The van der Waals surface area contributed by atoms with Crippen LogP contribution in [-0.2, 0) is 25.8 Å². The monoisotopic (exact) mass is 401 g/mol. The van der Waals surface area contributed by atoms with Crippen LogP contribution in [0, 0.1) is 0 Å². The van der Waals surface area contributed by atoms with Crippen molar-refractivity contribution in [1.82, 2.24) is 4.90 Å². The van der Waals surface area contributed by atoms with Crippen LogP contribution >= 0.6 is 0 Å². The van der Waals surface area contributed by atoms with E-state index in [2.05, 4.69) is 40.8 Å². The summed E-state index contributed by atoms with van der Waals surface area (Å²) >= 11 is 0. The third kappa shape index (κ3) is 5.00. The van der Waals surface area contributed by atoms with E-state index in [4.69, 9.17) is 0 Å². The largest absolute Gasteiger partial charge is 0.468 e. The van der Waals surface area contributed by atoms with Gasteiger partial charge in [-0.3, -0.25) is 4.79 Å². The number of methoxy groups -OCH3 is 1. The molecule has 0 amide bonds. The Balaban J connectivity index is 1.64. The van der Waals surface area contributed by atoms with E-state index in [-0.39, 0.29) is 4.90 Å². The number of esters is 1. The number of sulfone groups is 1. The van der Waals surface area contributed by atoms with Crippen molar-refractivity contribution in [1.29, 1.82) is 0 Å². The number of hydrogen-bond donors (Lipinski definition) is 0. The quantitative estimate of drug-likeness (QED) is 0.666. The predicted molar refractivity (Wildman–Crippen MR) is 110 cm³/mol. The number of ether oxygens (including phenoxy) is 1. The summed E-state index contributed by atoms with van der Waals surface area (Å²) in [5.41, 5.74) is 3.28. The summed E-state index contributed by atoms with van der Waals surface area (Å²) in [6.45, 7) is 4.59. The second kappa shape index (κ2) is 8.88. The van der Waals surface area contributed by atoms with Gasteiger partial charge in [-0.2, -0.15) is 0 Å². The van der Waals surface area contributed by atoms with Gasteiger partial charge in [-0.1, -0.05) is 36.4 Å². The molecule has 1 fully saturated rings. The molecule has 0 aliphatic carbocycles. The molecule has 0 bridgehead atoms. The standard InChI is InChI=1S/C22H27NO4S/c1-17-4-3-14-23(17)15-13-18-5-7-19(8-6-18)20-9-11-21(12-10-20)28(25,26)16-22(24)27-2/h5-12,17H,3-4,13-16H2,1-2H3/t17-/m1/s1. The molecule has 2 aromatic carbocycles. The lowest BCUT2D eigenvalue weighted by molar-refractivity contribution is -0.137. The van der Waals surface area contributed by atoms with Crippen LogP contribution in [0.5, 0.6) is 0 Å². The summed E-state index contributed by atoms with van der Waals surface area (Å²) in [6, 6.07) is 15.7. The predicted octanol–water partition coefficient (Wildman–Crippen LogP) is 3.33. The molecule has 6 heteroatoms. The minimum absolute atomic E-state index is 0.123. The number of carbonyl (C=O) groups is 1. The van der Waals surface area contributed by atoms with Crippen molar-refractivity contribution in [2.45, 2.75) is 37.1 Å². The fourth-order valence-electron chi connectivity index (χ4n) is 3.61. The van der Waals surface area contributed by atoms with Crippen molar-refractivity contribution in [3.8, 4) is 11.1 Å². The molecule has 1 atom stereocenters. The van der Waals surface area contributed by atoms with E-state index in [9.17, 15) is 13.2 Å². The highest BCUT2D eigenvalue weighted by molar-refractivity contribution is 7.92. The number of likely N-dealkylation sites (tertiary alicyclic amines) is 1. The first-order valence-electron chi connectivity index (χ1n) is 9.62. The summed E-state index contributed by atoms with van der Waals surface area (Å²) in [5, 5.41) is 0. The molecule has 1 heterocycles. The molecular formula is C22H27NO4S. The van der Waals surface area contributed by atoms with Gasteiger partial charge in [0.15, 0.2) is 15.6 Å². The zero-order chi connectivity index (χ0) is 20.1. The fourth-order valence-corrected chi connectivity index (χ4v) is 4.76. The number of rotatable bonds is 7. The van der Waals surface area contributed by atoms with Gasteiger partial charge in [0.05, 0.1) is 12.0 Å². The van der Waals surface area contributed by atoms with Crippen LogP contribution < -0.4 is 0 Å². The van der Waals surface area contributed by atoms with E-state index in [1.807, 2.05) is 0 Å². The van der Waals surface area contributed by atoms with E-state index < -0.39 is 21.6 Å². The first-order valence-corrected chi connectivity index (χ1v) is 11.3. The Bertz CT molecular complexity index is 905. The van der Waals surface area contributed by atoms with Crippen molar-refractivity contribution in [2.24, 2.45) is 0 Å². The average molecular weight is 402 g/mol. The molecule has 0 radical (unpaired) electrons. The molecule has 28 heavy (non-hydrogen) atoms. The van der Waals surface area contributed by atoms with E-state index in [1.165, 1.54) is 44.2 Å². The zero-order valence-corrected chi connectivity index (χ0v) is 17.2. The molecule has 150 valence electrons. The van der Waals surface area contributed by atoms with Crippen molar-refractivity contribution >= 4 is 15.8 Å². The minimum atomic E-state index is -3.68. The second-order valence-corrected chi connectivity index (χ2v) is 9.32. The van der Waals surface area contributed by atoms with Crippen LogP contribution in [0.1, 0.15) is 25.3 Å². The van der Waals surface area contributed by atoms with E-state index in [0.717, 1.165) is 24.1 Å². The summed E-state index contributed by atoms with van der Waals surface area (Å²) in [7, 11) is -2.50. The Labute approximate surface area is 167 Å². The Morgan fingerprint density at radius 3 is 2.21 bits per heavy atom. The van der Waals surface area contributed by atoms with Gasteiger partial charge in [-0.25, -0.2) is 8.42 Å². The molecule has 0 unspecified atom stereocenters. The van der Waals surface area contributed by atoms with Crippen LogP contribution in [0.3, 0.4) is 0 Å². The first-order chi connectivity index (χ1) is 13.4. The Morgan fingerprint density at radius 2 is 1.68 bits per heavy atom. The van der Waals surface area contributed by atoms with Gasteiger partial charge in [-0.15, -0.1) is 0 Å². The molecule has 1 saturated heterocycles. The van der Waals surface area contributed by atoms with Gasteiger partial charge < -0.3 is 9.64 Å². The molecule has 5 nitrogen and oxygen atoms in total. The summed E-state index contributed by atoms with van der Waals surface area (Å²) in [6.07, 6.45) is 3.63. The normalized spacial score (nSPS) is 17.6. The number of benzene rings is 2. The lowest BCUT2D eigenvalue weighted by Crippen LogP contribution is -2.28. The molecule has 3 rings (SSSR count). The third-order valence-corrected chi connectivity index (χ3v) is 7.02. The lowest BCUT2D eigenvalue weighted by atomic mass is 10.0. The minimum Gasteiger partial charge on any atom is -0.468 e. The molecule has 1 aliphatic heterocycles. The maximum absolute atomic E-state index is 12.2. The van der Waals surface area contributed by atoms with Crippen LogP contribution in [0.4, 0.5) is 0 Å². The van der Waals surface area contributed by atoms with Crippen molar-refractivity contribution in [3.63, 3.8) is 0 Å². The van der Waals surface area contributed by atoms with Gasteiger partial charge in [-0.05, 0) is 61.6 Å². The Kier molecular flexibility index (Phi) is 6.52. The lowest BCUT2D eigenvalue weighted by Gasteiger charge is -2.20. The second-order valence-electron chi connectivity index (χ2n) is 7.33. The zero-order valence-electron chi connectivity index (χ0n) is 16.4. The number of nitrogens with zero attached hydrogens (tertiary/aromatic N) is 1. The first kappa shape index (κ1) is 20.6. The third-order valence-electron chi connectivity index (χ3n) is 5.41. The van der Waals surface area contributed by atoms with Gasteiger partial charge in [0.1, 0.15) is 0 Å². The molecule has 0 spiro atoms.